The summed E-state index contributed by atoms with van der Waals surface area (Å²) in [5.41, 5.74) is 3.47. The van der Waals surface area contributed by atoms with Crippen LogP contribution in [0.5, 0.6) is 0 Å². The fourth-order valence-corrected chi connectivity index (χ4v) is 3.30. The molecule has 0 aliphatic carbocycles. The lowest BCUT2D eigenvalue weighted by molar-refractivity contribution is -0.145. The number of rotatable bonds is 2. The molecule has 112 valence electrons. The molecule has 0 amide bonds. The fourth-order valence-electron chi connectivity index (χ4n) is 2.97. The number of nitrogens with one attached hydrogen (secondary N) is 1. The van der Waals surface area contributed by atoms with Crippen LogP contribution in [0.15, 0.2) is 35.7 Å². The molecule has 1 N–H and O–H groups in total. The summed E-state index contributed by atoms with van der Waals surface area (Å²) in [6.45, 7) is 2.22. The largest absolute Gasteiger partial charge is 0.464 e. The molecule has 0 bridgehead atoms. The Morgan fingerprint density at radius 3 is 3.10 bits per heavy atom. The molecule has 21 heavy (non-hydrogen) atoms. The van der Waals surface area contributed by atoms with Gasteiger partial charge in [-0.05, 0) is 49.8 Å². The van der Waals surface area contributed by atoms with E-state index in [1.54, 1.807) is 4.42 Å². The van der Waals surface area contributed by atoms with Crippen molar-refractivity contribution in [1.29, 1.82) is 0 Å². The third-order valence-corrected chi connectivity index (χ3v) is 4.34. The van der Waals surface area contributed by atoms with Crippen LogP contribution in [0.1, 0.15) is 31.7 Å². The van der Waals surface area contributed by atoms with Crippen LogP contribution in [0.4, 0.5) is 5.69 Å². The number of esters is 1. The molecule has 0 radical (unpaired) electrons. The van der Waals surface area contributed by atoms with Gasteiger partial charge in [0.15, 0.2) is 0 Å². The molecule has 1 aromatic rings. The highest BCUT2D eigenvalue weighted by molar-refractivity contribution is 6.27. The summed E-state index contributed by atoms with van der Waals surface area (Å²) in [7, 11) is 0. The number of benzene rings is 1. The van der Waals surface area contributed by atoms with Gasteiger partial charge in [-0.1, -0.05) is 18.2 Å². The van der Waals surface area contributed by atoms with Gasteiger partial charge in [0.05, 0.1) is 12.3 Å². The van der Waals surface area contributed by atoms with E-state index in [0.717, 1.165) is 37.2 Å². The van der Waals surface area contributed by atoms with E-state index in [1.807, 2.05) is 25.1 Å². The van der Waals surface area contributed by atoms with E-state index in [-0.39, 0.29) is 12.0 Å². The standard InChI is InChI=1S/C16H19ClN2O2/c1-2-21-16(20)13-8-5-7-12-10-11-6-3-4-9-14(11)19(17)15(12)18-13/h3-4,6,9,13,18H,2,5,7-8,10H2,1H3. The Hall–Kier alpha value is -1.68. The zero-order chi connectivity index (χ0) is 14.8. The number of nitrogens with zero attached hydrogens (tertiary/aromatic N) is 1. The zero-order valence-corrected chi connectivity index (χ0v) is 12.8. The van der Waals surface area contributed by atoms with Gasteiger partial charge in [-0.2, -0.15) is 0 Å². The molecule has 0 aromatic heterocycles. The number of halogens is 1. The Kier molecular flexibility index (Phi) is 4.06. The van der Waals surface area contributed by atoms with Crippen molar-refractivity contribution >= 4 is 23.4 Å². The van der Waals surface area contributed by atoms with Gasteiger partial charge in [-0.15, -0.1) is 0 Å². The highest BCUT2D eigenvalue weighted by atomic mass is 35.5. The first-order chi connectivity index (χ1) is 10.2. The third kappa shape index (κ3) is 2.72. The molecule has 2 heterocycles. The van der Waals surface area contributed by atoms with Crippen LogP contribution in [-0.2, 0) is 16.0 Å². The number of fused-ring (bicyclic) bond motifs is 1. The van der Waals surface area contributed by atoms with Crippen LogP contribution in [0.3, 0.4) is 0 Å². The van der Waals surface area contributed by atoms with Gasteiger partial charge in [0.2, 0.25) is 0 Å². The molecule has 0 saturated heterocycles. The molecule has 1 aromatic carbocycles. The Bertz CT molecular complexity index is 585. The second-order valence-electron chi connectivity index (χ2n) is 5.38. The number of anilines is 1. The Labute approximate surface area is 129 Å². The summed E-state index contributed by atoms with van der Waals surface area (Å²) >= 11 is 6.50. The summed E-state index contributed by atoms with van der Waals surface area (Å²) < 4.78 is 6.78. The number of carbonyl (C=O) groups is 1. The molecule has 3 rings (SSSR count). The van der Waals surface area contributed by atoms with Crippen molar-refractivity contribution in [3.05, 3.63) is 41.2 Å². The van der Waals surface area contributed by atoms with Gasteiger partial charge in [-0.25, -0.2) is 9.21 Å². The maximum Gasteiger partial charge on any atom is 0.328 e. The third-order valence-electron chi connectivity index (χ3n) is 3.99. The van der Waals surface area contributed by atoms with Crippen molar-refractivity contribution in [1.82, 2.24) is 5.32 Å². The van der Waals surface area contributed by atoms with Crippen molar-refractivity contribution in [2.75, 3.05) is 11.0 Å². The molecule has 0 fully saturated rings. The highest BCUT2D eigenvalue weighted by Gasteiger charge is 2.31. The molecular formula is C16H19ClN2O2. The minimum absolute atomic E-state index is 0.199. The van der Waals surface area contributed by atoms with Crippen LogP contribution in [0.2, 0.25) is 0 Å². The number of hydrogen-bond donors (Lipinski definition) is 1. The maximum atomic E-state index is 12.0. The minimum Gasteiger partial charge on any atom is -0.464 e. The van der Waals surface area contributed by atoms with Gasteiger partial charge < -0.3 is 10.1 Å². The number of carbonyl (C=O) groups excluding carboxylic acids is 1. The van der Waals surface area contributed by atoms with Crippen molar-refractivity contribution in [2.45, 2.75) is 38.6 Å². The predicted octanol–water partition coefficient (Wildman–Crippen LogP) is 3.12. The number of para-hydroxylation sites is 1. The van der Waals surface area contributed by atoms with Crippen molar-refractivity contribution in [3.8, 4) is 0 Å². The fraction of sp³-hybridized carbons (Fsp3) is 0.438. The first-order valence-corrected chi connectivity index (χ1v) is 7.73. The van der Waals surface area contributed by atoms with Crippen LogP contribution in [-0.4, -0.2) is 18.6 Å². The molecule has 4 nitrogen and oxygen atoms in total. The van der Waals surface area contributed by atoms with E-state index in [9.17, 15) is 4.79 Å². The van der Waals surface area contributed by atoms with Gasteiger partial charge in [0.25, 0.3) is 0 Å². The SMILES string of the molecule is CCOC(=O)C1CCCC2=C(N1)N(Cl)c1ccccc1C2. The summed E-state index contributed by atoms with van der Waals surface area (Å²) in [5, 5.41) is 3.29. The quantitative estimate of drug-likeness (QED) is 0.673. The minimum atomic E-state index is -0.316. The lowest BCUT2D eigenvalue weighted by Gasteiger charge is -2.31. The smallest absolute Gasteiger partial charge is 0.328 e. The molecule has 1 atom stereocenters. The first kappa shape index (κ1) is 14.3. The molecular weight excluding hydrogens is 288 g/mol. The molecule has 5 heteroatoms. The predicted molar refractivity (Wildman–Crippen MR) is 82.9 cm³/mol. The molecule has 0 spiro atoms. The molecule has 2 aliphatic rings. The van der Waals surface area contributed by atoms with Crippen molar-refractivity contribution < 1.29 is 9.53 Å². The van der Waals surface area contributed by atoms with E-state index in [0.29, 0.717) is 6.61 Å². The Balaban J connectivity index is 1.87. The number of allylic oxidation sites excluding steroid dienone is 1. The lowest BCUT2D eigenvalue weighted by Crippen LogP contribution is -2.41. The van der Waals surface area contributed by atoms with E-state index in [1.165, 1.54) is 11.1 Å². The first-order valence-electron chi connectivity index (χ1n) is 7.39. The normalized spacial score (nSPS) is 21.0. The molecule has 0 saturated carbocycles. The van der Waals surface area contributed by atoms with Crippen molar-refractivity contribution in [2.24, 2.45) is 0 Å². The average molecular weight is 307 g/mol. The van der Waals surface area contributed by atoms with Gasteiger partial charge in [0, 0.05) is 11.8 Å². The van der Waals surface area contributed by atoms with Crippen LogP contribution < -0.4 is 9.74 Å². The number of hydrogen-bond acceptors (Lipinski definition) is 4. The molecule has 2 aliphatic heterocycles. The van der Waals surface area contributed by atoms with Crippen LogP contribution in [0.25, 0.3) is 0 Å². The van der Waals surface area contributed by atoms with E-state index in [4.69, 9.17) is 16.5 Å². The summed E-state index contributed by atoms with van der Waals surface area (Å²) in [6, 6.07) is 7.78. The Morgan fingerprint density at radius 1 is 1.48 bits per heavy atom. The van der Waals surface area contributed by atoms with Crippen LogP contribution >= 0.6 is 11.8 Å². The highest BCUT2D eigenvalue weighted by Crippen LogP contribution is 2.36. The topological polar surface area (TPSA) is 41.6 Å². The lowest BCUT2D eigenvalue weighted by atomic mass is 9.96. The summed E-state index contributed by atoms with van der Waals surface area (Å²) in [6.07, 6.45) is 3.57. The van der Waals surface area contributed by atoms with Crippen molar-refractivity contribution in [3.63, 3.8) is 0 Å². The average Bonchev–Trinajstić information content (AvgIpc) is 2.70. The van der Waals surface area contributed by atoms with E-state index in [2.05, 4.69) is 11.4 Å². The van der Waals surface area contributed by atoms with Gasteiger partial charge in [-0.3, -0.25) is 0 Å². The van der Waals surface area contributed by atoms with E-state index >= 15 is 0 Å². The van der Waals surface area contributed by atoms with E-state index < -0.39 is 0 Å². The summed E-state index contributed by atoms with van der Waals surface area (Å²) in [4.78, 5) is 12.0. The number of ether oxygens (including phenoxy) is 1. The second-order valence-corrected chi connectivity index (χ2v) is 5.72. The van der Waals surface area contributed by atoms with Gasteiger partial charge >= 0.3 is 5.97 Å². The zero-order valence-electron chi connectivity index (χ0n) is 12.1. The monoisotopic (exact) mass is 306 g/mol. The second kappa shape index (κ2) is 5.98. The molecule has 1 unspecified atom stereocenters. The Morgan fingerprint density at radius 2 is 2.29 bits per heavy atom. The summed E-state index contributed by atoms with van der Waals surface area (Å²) in [5.74, 6) is 0.654. The van der Waals surface area contributed by atoms with Crippen LogP contribution in [0, 0.1) is 0 Å². The van der Waals surface area contributed by atoms with Gasteiger partial charge in [0.1, 0.15) is 11.9 Å². The maximum absolute atomic E-state index is 12.0.